The summed E-state index contributed by atoms with van der Waals surface area (Å²) in [6.07, 6.45) is -1.23. The maximum absolute atomic E-state index is 12.6. The molecule has 0 radical (unpaired) electrons. The van der Waals surface area contributed by atoms with Gasteiger partial charge in [-0.1, -0.05) is 0 Å². The average molecular weight is 222 g/mol. The Bertz CT molecular complexity index is 331. The Kier molecular flexibility index (Phi) is 3.77. The molecular weight excluding hydrogens is 212 g/mol. The van der Waals surface area contributed by atoms with Crippen molar-refractivity contribution in [3.8, 4) is 0 Å². The monoisotopic (exact) mass is 221 g/mol. The zero-order valence-electron chi connectivity index (χ0n) is 7.60. The number of nitrogens with zero attached hydrogens (tertiary/aromatic N) is 1. The number of alkyl halides is 3. The number of hydrogen-bond donors (Lipinski definition) is 1. The summed E-state index contributed by atoms with van der Waals surface area (Å²) in [6.45, 7) is 1.17. The Morgan fingerprint density at radius 3 is 2.64 bits per heavy atom. The smallest absolute Gasteiger partial charge is 0.265 e. The maximum Gasteiger partial charge on any atom is 0.265 e. The number of aliphatic hydroxyl groups excluding tert-OH is 1. The fourth-order valence-electron chi connectivity index (χ4n) is 1.30. The third-order valence-electron chi connectivity index (χ3n) is 2.04. The van der Waals surface area contributed by atoms with Crippen molar-refractivity contribution in [2.75, 3.05) is 0 Å². The highest BCUT2D eigenvalue weighted by atomic mass is 35.5. The van der Waals surface area contributed by atoms with E-state index in [-0.39, 0.29) is 29.3 Å². The van der Waals surface area contributed by atoms with Gasteiger partial charge in [0.2, 0.25) is 0 Å². The first-order valence-corrected chi connectivity index (χ1v) is 4.57. The van der Waals surface area contributed by atoms with Crippen LogP contribution in [0.25, 0.3) is 0 Å². The van der Waals surface area contributed by atoms with Gasteiger partial charge in [0, 0.05) is 28.9 Å². The van der Waals surface area contributed by atoms with Crippen molar-refractivity contribution in [1.29, 1.82) is 0 Å². The van der Waals surface area contributed by atoms with Crippen LogP contribution in [-0.2, 0) is 12.5 Å². The van der Waals surface area contributed by atoms with Crippen LogP contribution in [0.3, 0.4) is 0 Å². The van der Waals surface area contributed by atoms with Crippen LogP contribution in [0, 0.1) is 6.92 Å². The molecule has 5 heteroatoms. The minimum absolute atomic E-state index is 0.0427. The van der Waals surface area contributed by atoms with E-state index >= 15 is 0 Å². The van der Waals surface area contributed by atoms with Crippen LogP contribution >= 0.6 is 11.6 Å². The summed E-state index contributed by atoms with van der Waals surface area (Å²) in [5.41, 5.74) is 0.747. The molecule has 1 aromatic rings. The first-order valence-electron chi connectivity index (χ1n) is 4.04. The fraction of sp³-hybridized carbons (Fsp3) is 0.444. The summed E-state index contributed by atoms with van der Waals surface area (Å²) in [6, 6.07) is 0. The van der Waals surface area contributed by atoms with Crippen molar-refractivity contribution in [1.82, 2.24) is 4.98 Å². The second-order valence-electron chi connectivity index (χ2n) is 2.85. The lowest BCUT2D eigenvalue weighted by atomic mass is 10.0. The van der Waals surface area contributed by atoms with E-state index in [4.69, 9.17) is 16.7 Å². The van der Waals surface area contributed by atoms with E-state index in [2.05, 4.69) is 4.98 Å². The molecule has 0 aromatic carbocycles. The number of rotatable bonds is 3. The van der Waals surface area contributed by atoms with Gasteiger partial charge < -0.3 is 5.11 Å². The molecule has 0 aliphatic carbocycles. The highest BCUT2D eigenvalue weighted by molar-refractivity contribution is 6.17. The van der Waals surface area contributed by atoms with Crippen molar-refractivity contribution in [2.45, 2.75) is 25.8 Å². The molecule has 0 aliphatic rings. The molecule has 1 N–H and O–H groups in total. The summed E-state index contributed by atoms with van der Waals surface area (Å²) in [5, 5.41) is 8.90. The van der Waals surface area contributed by atoms with Crippen LogP contribution in [0.4, 0.5) is 8.78 Å². The molecule has 0 saturated carbocycles. The number of pyridine rings is 1. The van der Waals surface area contributed by atoms with Crippen molar-refractivity contribution >= 4 is 11.6 Å². The molecule has 2 nitrogen and oxygen atoms in total. The van der Waals surface area contributed by atoms with E-state index < -0.39 is 6.43 Å². The molecule has 1 rings (SSSR count). The van der Waals surface area contributed by atoms with Gasteiger partial charge in [-0.05, 0) is 12.5 Å². The van der Waals surface area contributed by atoms with Crippen molar-refractivity contribution in [3.05, 3.63) is 28.6 Å². The predicted molar refractivity (Wildman–Crippen MR) is 49.4 cm³/mol. The predicted octanol–water partition coefficient (Wildman–Crippen LogP) is 2.56. The summed E-state index contributed by atoms with van der Waals surface area (Å²) in [4.78, 5) is 3.78. The number of aromatic nitrogens is 1. The molecular formula is C9H10ClF2NO. The molecule has 0 fully saturated rings. The molecule has 1 aromatic heterocycles. The van der Waals surface area contributed by atoms with Gasteiger partial charge in [-0.25, -0.2) is 8.78 Å². The van der Waals surface area contributed by atoms with Crippen LogP contribution in [0.15, 0.2) is 6.20 Å². The fourth-order valence-corrected chi connectivity index (χ4v) is 1.61. The molecule has 0 bridgehead atoms. The van der Waals surface area contributed by atoms with Gasteiger partial charge in [0.15, 0.2) is 0 Å². The number of halogens is 3. The van der Waals surface area contributed by atoms with Crippen molar-refractivity contribution < 1.29 is 13.9 Å². The number of aryl methyl sites for hydroxylation is 1. The van der Waals surface area contributed by atoms with Crippen LogP contribution in [0.1, 0.15) is 28.8 Å². The van der Waals surface area contributed by atoms with Crippen LogP contribution in [0.5, 0.6) is 0 Å². The van der Waals surface area contributed by atoms with Gasteiger partial charge in [-0.3, -0.25) is 4.98 Å². The Labute approximate surface area is 85.5 Å². The van der Waals surface area contributed by atoms with E-state index in [0.29, 0.717) is 5.56 Å². The summed E-state index contributed by atoms with van der Waals surface area (Å²) >= 11 is 5.56. The lowest BCUT2D eigenvalue weighted by Crippen LogP contribution is -2.04. The number of aliphatic hydroxyl groups is 1. The van der Waals surface area contributed by atoms with Crippen molar-refractivity contribution in [3.63, 3.8) is 0 Å². The molecule has 1 heterocycles. The van der Waals surface area contributed by atoms with Gasteiger partial charge >= 0.3 is 0 Å². The van der Waals surface area contributed by atoms with Gasteiger partial charge in [0.25, 0.3) is 6.43 Å². The maximum atomic E-state index is 12.6. The summed E-state index contributed by atoms with van der Waals surface area (Å²) < 4.78 is 25.2. The third kappa shape index (κ3) is 2.01. The molecule has 0 aliphatic heterocycles. The Morgan fingerprint density at radius 1 is 1.57 bits per heavy atom. The van der Waals surface area contributed by atoms with Crippen molar-refractivity contribution in [2.24, 2.45) is 0 Å². The largest absolute Gasteiger partial charge is 0.392 e. The quantitative estimate of drug-likeness (QED) is 0.796. The average Bonchev–Trinajstić information content (AvgIpc) is 2.16. The first-order chi connectivity index (χ1) is 6.61. The lowest BCUT2D eigenvalue weighted by molar-refractivity contribution is 0.148. The zero-order chi connectivity index (χ0) is 10.7. The topological polar surface area (TPSA) is 33.1 Å². The first kappa shape index (κ1) is 11.3. The molecule has 78 valence electrons. The molecule has 0 spiro atoms. The van der Waals surface area contributed by atoms with Crippen LogP contribution in [0.2, 0.25) is 0 Å². The molecule has 0 atom stereocenters. The highest BCUT2D eigenvalue weighted by Gasteiger charge is 2.18. The number of hydrogen-bond acceptors (Lipinski definition) is 2. The minimum atomic E-state index is -2.61. The van der Waals surface area contributed by atoms with Gasteiger partial charge in [0.05, 0.1) is 6.61 Å². The van der Waals surface area contributed by atoms with Gasteiger partial charge in [0.1, 0.15) is 0 Å². The zero-order valence-corrected chi connectivity index (χ0v) is 8.35. The standard InChI is InChI=1S/C9H10ClF2NO/c1-5-8(9(11)12)7(2-10)6(4-14)3-13-5/h3,9,14H,2,4H2,1H3. The lowest BCUT2D eigenvalue weighted by Gasteiger charge is -2.12. The second kappa shape index (κ2) is 4.66. The molecule has 0 amide bonds. The normalized spacial score (nSPS) is 11.0. The Hall–Kier alpha value is -0.740. The minimum Gasteiger partial charge on any atom is -0.392 e. The third-order valence-corrected chi connectivity index (χ3v) is 2.31. The molecule has 0 unspecified atom stereocenters. The van der Waals surface area contributed by atoms with Crippen LogP contribution in [-0.4, -0.2) is 10.1 Å². The van der Waals surface area contributed by atoms with E-state index in [0.717, 1.165) is 0 Å². The Balaban J connectivity index is 3.35. The van der Waals surface area contributed by atoms with E-state index in [9.17, 15) is 8.78 Å². The molecule has 14 heavy (non-hydrogen) atoms. The summed E-state index contributed by atoms with van der Waals surface area (Å²) in [7, 11) is 0. The highest BCUT2D eigenvalue weighted by Crippen LogP contribution is 2.28. The SMILES string of the molecule is Cc1ncc(CO)c(CCl)c1C(F)F. The molecule has 0 saturated heterocycles. The van der Waals surface area contributed by atoms with E-state index in [1.54, 1.807) is 0 Å². The van der Waals surface area contributed by atoms with Gasteiger partial charge in [-0.2, -0.15) is 0 Å². The van der Waals surface area contributed by atoms with Gasteiger partial charge in [-0.15, -0.1) is 11.6 Å². The summed E-state index contributed by atoms with van der Waals surface area (Å²) in [5.74, 6) is -0.0427. The van der Waals surface area contributed by atoms with Crippen LogP contribution < -0.4 is 0 Å². The second-order valence-corrected chi connectivity index (χ2v) is 3.12. The Morgan fingerprint density at radius 2 is 2.21 bits per heavy atom. The van der Waals surface area contributed by atoms with E-state index in [1.807, 2.05) is 0 Å². The van der Waals surface area contributed by atoms with E-state index in [1.165, 1.54) is 13.1 Å².